The van der Waals surface area contributed by atoms with Gasteiger partial charge in [0.15, 0.2) is 0 Å². The standard InChI is InChI=1S/C6H15N.C4H11N/c1-4-5-6(2)7-3;1-4-5(2)3/h6-7H,4-5H2,1-3H3;4H2,1-3H3. The quantitative estimate of drug-likeness (QED) is 0.701. The molecule has 0 rings (SSSR count). The van der Waals surface area contributed by atoms with Crippen LogP contribution in [0.15, 0.2) is 0 Å². The van der Waals surface area contributed by atoms with Crippen molar-refractivity contribution in [2.45, 2.75) is 39.7 Å². The molecular formula is C10H26N2. The van der Waals surface area contributed by atoms with E-state index in [0.717, 1.165) is 6.54 Å². The number of rotatable bonds is 4. The van der Waals surface area contributed by atoms with E-state index in [9.17, 15) is 0 Å². The Bertz CT molecular complexity index is 72.2. The van der Waals surface area contributed by atoms with Crippen LogP contribution in [0.5, 0.6) is 0 Å². The lowest BCUT2D eigenvalue weighted by Gasteiger charge is -2.05. The smallest absolute Gasteiger partial charge is 0.00356 e. The van der Waals surface area contributed by atoms with Crippen LogP contribution in [0.1, 0.15) is 33.6 Å². The zero-order chi connectivity index (χ0) is 9.98. The summed E-state index contributed by atoms with van der Waals surface area (Å²) in [5.74, 6) is 0. The minimum atomic E-state index is 0.699. The second kappa shape index (κ2) is 10.9. The lowest BCUT2D eigenvalue weighted by Crippen LogP contribution is -2.20. The number of hydrogen-bond acceptors (Lipinski definition) is 2. The van der Waals surface area contributed by atoms with Crippen molar-refractivity contribution in [3.8, 4) is 0 Å². The second-order valence-corrected chi connectivity index (χ2v) is 3.37. The highest BCUT2D eigenvalue weighted by Gasteiger charge is 1.91. The molecule has 1 N–H and O–H groups in total. The van der Waals surface area contributed by atoms with Gasteiger partial charge in [-0.2, -0.15) is 0 Å². The Hall–Kier alpha value is -0.0800. The first-order valence-corrected chi connectivity index (χ1v) is 4.90. The summed E-state index contributed by atoms with van der Waals surface area (Å²) in [6.07, 6.45) is 2.57. The Morgan fingerprint density at radius 3 is 1.75 bits per heavy atom. The van der Waals surface area contributed by atoms with Crippen LogP contribution in [0.25, 0.3) is 0 Å². The molecule has 0 aromatic carbocycles. The van der Waals surface area contributed by atoms with Crippen LogP contribution in [-0.2, 0) is 0 Å². The highest BCUT2D eigenvalue weighted by atomic mass is 15.0. The van der Waals surface area contributed by atoms with Crippen LogP contribution < -0.4 is 5.32 Å². The maximum absolute atomic E-state index is 3.17. The van der Waals surface area contributed by atoms with E-state index in [4.69, 9.17) is 0 Å². The van der Waals surface area contributed by atoms with Gasteiger partial charge in [0.2, 0.25) is 0 Å². The van der Waals surface area contributed by atoms with E-state index in [1.807, 2.05) is 7.05 Å². The number of nitrogens with one attached hydrogen (secondary N) is 1. The zero-order valence-corrected chi connectivity index (χ0v) is 9.65. The number of nitrogens with zero attached hydrogens (tertiary/aromatic N) is 1. The first-order valence-electron chi connectivity index (χ1n) is 4.90. The van der Waals surface area contributed by atoms with Crippen LogP contribution in [0.2, 0.25) is 0 Å². The lowest BCUT2D eigenvalue weighted by molar-refractivity contribution is 0.434. The minimum absolute atomic E-state index is 0.699. The summed E-state index contributed by atoms with van der Waals surface area (Å²) in [5, 5.41) is 3.17. The van der Waals surface area contributed by atoms with Gasteiger partial charge in [0.25, 0.3) is 0 Å². The topological polar surface area (TPSA) is 15.3 Å². The van der Waals surface area contributed by atoms with Crippen molar-refractivity contribution >= 4 is 0 Å². The predicted octanol–water partition coefficient (Wildman–Crippen LogP) is 1.96. The van der Waals surface area contributed by atoms with Crippen molar-refractivity contribution < 1.29 is 0 Å². The fourth-order valence-electron chi connectivity index (χ4n) is 0.577. The molecule has 0 radical (unpaired) electrons. The van der Waals surface area contributed by atoms with E-state index < -0.39 is 0 Å². The molecule has 0 spiro atoms. The molecule has 1 unspecified atom stereocenters. The molecule has 0 fully saturated rings. The van der Waals surface area contributed by atoms with Gasteiger partial charge >= 0.3 is 0 Å². The summed E-state index contributed by atoms with van der Waals surface area (Å²) in [6, 6.07) is 0.699. The zero-order valence-electron chi connectivity index (χ0n) is 9.65. The largest absolute Gasteiger partial charge is 0.317 e. The van der Waals surface area contributed by atoms with Crippen molar-refractivity contribution in [1.82, 2.24) is 10.2 Å². The van der Waals surface area contributed by atoms with E-state index in [1.165, 1.54) is 12.8 Å². The molecule has 1 atom stereocenters. The molecule has 2 nitrogen and oxygen atoms in total. The predicted molar refractivity (Wildman–Crippen MR) is 57.7 cm³/mol. The number of hydrogen-bond donors (Lipinski definition) is 1. The molecule has 0 saturated heterocycles. The summed E-state index contributed by atoms with van der Waals surface area (Å²) in [4.78, 5) is 2.12. The highest BCUT2D eigenvalue weighted by Crippen LogP contribution is 1.91. The minimum Gasteiger partial charge on any atom is -0.317 e. The van der Waals surface area contributed by atoms with Gasteiger partial charge in [0, 0.05) is 6.04 Å². The summed E-state index contributed by atoms with van der Waals surface area (Å²) in [5.41, 5.74) is 0. The molecule has 0 aromatic heterocycles. The maximum Gasteiger partial charge on any atom is 0.00356 e. The molecule has 0 heterocycles. The summed E-state index contributed by atoms with van der Waals surface area (Å²) in [7, 11) is 6.11. The van der Waals surface area contributed by atoms with Gasteiger partial charge in [-0.1, -0.05) is 20.3 Å². The van der Waals surface area contributed by atoms with Crippen LogP contribution in [0.4, 0.5) is 0 Å². The molecule has 0 amide bonds. The molecule has 12 heavy (non-hydrogen) atoms. The average Bonchev–Trinajstić information content (AvgIpc) is 2.06. The highest BCUT2D eigenvalue weighted by molar-refractivity contribution is 4.52. The van der Waals surface area contributed by atoms with Crippen LogP contribution in [-0.4, -0.2) is 38.6 Å². The second-order valence-electron chi connectivity index (χ2n) is 3.37. The van der Waals surface area contributed by atoms with Crippen molar-refractivity contribution in [2.24, 2.45) is 0 Å². The van der Waals surface area contributed by atoms with Crippen molar-refractivity contribution in [1.29, 1.82) is 0 Å². The molecule has 0 aliphatic carbocycles. The van der Waals surface area contributed by atoms with E-state index in [0.29, 0.717) is 6.04 Å². The van der Waals surface area contributed by atoms with Gasteiger partial charge in [-0.15, -0.1) is 0 Å². The molecule has 0 aliphatic heterocycles. The third kappa shape index (κ3) is 16.5. The molecule has 0 bridgehead atoms. The van der Waals surface area contributed by atoms with Crippen molar-refractivity contribution in [3.63, 3.8) is 0 Å². The summed E-state index contributed by atoms with van der Waals surface area (Å²) < 4.78 is 0. The Kier molecular flexibility index (Phi) is 13.1. The lowest BCUT2D eigenvalue weighted by atomic mass is 10.2. The maximum atomic E-state index is 3.17. The van der Waals surface area contributed by atoms with Gasteiger partial charge in [-0.3, -0.25) is 0 Å². The van der Waals surface area contributed by atoms with Gasteiger partial charge in [-0.05, 0) is 41.0 Å². The Labute approximate surface area is 78.3 Å². The van der Waals surface area contributed by atoms with Crippen LogP contribution in [0.3, 0.4) is 0 Å². The Balaban J connectivity index is 0. The van der Waals surface area contributed by atoms with Crippen LogP contribution in [0, 0.1) is 0 Å². The first-order chi connectivity index (χ1) is 5.58. The monoisotopic (exact) mass is 174 g/mol. The molecule has 0 saturated carbocycles. The summed E-state index contributed by atoms with van der Waals surface area (Å²) in [6.45, 7) is 7.66. The van der Waals surface area contributed by atoms with E-state index >= 15 is 0 Å². The SMILES string of the molecule is CCCC(C)NC.CCN(C)C. The average molecular weight is 174 g/mol. The third-order valence-electron chi connectivity index (χ3n) is 1.85. The third-order valence-corrected chi connectivity index (χ3v) is 1.85. The molecule has 2 heteroatoms. The van der Waals surface area contributed by atoms with Crippen molar-refractivity contribution in [3.05, 3.63) is 0 Å². The Morgan fingerprint density at radius 2 is 1.67 bits per heavy atom. The first kappa shape index (κ1) is 14.4. The van der Waals surface area contributed by atoms with E-state index in [1.54, 1.807) is 0 Å². The van der Waals surface area contributed by atoms with Gasteiger partial charge in [0.1, 0.15) is 0 Å². The van der Waals surface area contributed by atoms with Crippen LogP contribution >= 0.6 is 0 Å². The van der Waals surface area contributed by atoms with Gasteiger partial charge < -0.3 is 10.2 Å². The van der Waals surface area contributed by atoms with Gasteiger partial charge in [-0.25, -0.2) is 0 Å². The van der Waals surface area contributed by atoms with E-state index in [2.05, 4.69) is 45.1 Å². The molecule has 0 aromatic rings. The fraction of sp³-hybridized carbons (Fsp3) is 1.00. The summed E-state index contributed by atoms with van der Waals surface area (Å²) >= 11 is 0. The van der Waals surface area contributed by atoms with Gasteiger partial charge in [0.05, 0.1) is 0 Å². The molecule has 76 valence electrons. The van der Waals surface area contributed by atoms with Crippen molar-refractivity contribution in [2.75, 3.05) is 27.7 Å². The van der Waals surface area contributed by atoms with E-state index in [-0.39, 0.29) is 0 Å². The normalized spacial score (nSPS) is 12.2. The Morgan fingerprint density at radius 1 is 1.25 bits per heavy atom. The fourth-order valence-corrected chi connectivity index (χ4v) is 0.577. The molecular weight excluding hydrogens is 148 g/mol. The molecule has 0 aliphatic rings.